The van der Waals surface area contributed by atoms with Crippen molar-refractivity contribution in [3.05, 3.63) is 94.8 Å². The maximum Gasteiger partial charge on any atom is 0.482 e. The van der Waals surface area contributed by atoms with Crippen molar-refractivity contribution in [2.24, 2.45) is 23.2 Å². The van der Waals surface area contributed by atoms with E-state index in [0.717, 1.165) is 48.9 Å². The standard InChI is InChI=1S/C41H52B2ClN3O6/c1-28(26-42(49)50)10-9-19-40(2)32-24-36(40)41(3)37(25-32)52-43(53-41)38(23-29-11-5-4-6-12-29)47-39(48)18-21-51-35-22-30(15-17-33(35)44)14-16-31(27-45)34-13-7-8-20-46-34/h4-8,11-13,15,17,20,22,28,31-32,36-38,49-50H,9-10,14,16,18-19,21,23-26H2,1-3H3,(H,47,48)/t28?,31?,32-,36-,37+,38-,40?,41-/m0/s1. The van der Waals surface area contributed by atoms with Gasteiger partial charge in [-0.05, 0) is 110 Å². The lowest BCUT2D eigenvalue weighted by atomic mass is 9.41. The molecule has 3 aromatic rings. The van der Waals surface area contributed by atoms with Crippen LogP contribution in [0.4, 0.5) is 0 Å². The molecule has 12 heteroatoms. The number of nitriles is 1. The van der Waals surface area contributed by atoms with Crippen LogP contribution in [0.3, 0.4) is 0 Å². The fraction of sp³-hybridized carbons (Fsp3) is 0.537. The molecule has 0 radical (unpaired) electrons. The predicted molar refractivity (Wildman–Crippen MR) is 207 cm³/mol. The Hall–Kier alpha value is -3.39. The van der Waals surface area contributed by atoms with Crippen LogP contribution in [0.15, 0.2) is 72.9 Å². The highest BCUT2D eigenvalue weighted by Gasteiger charge is 2.69. The average Bonchev–Trinajstić information content (AvgIpc) is 3.50. The van der Waals surface area contributed by atoms with Crippen molar-refractivity contribution in [1.82, 2.24) is 10.3 Å². The van der Waals surface area contributed by atoms with Crippen molar-refractivity contribution in [3.8, 4) is 11.8 Å². The fourth-order valence-corrected chi connectivity index (χ4v) is 9.34. The Balaban J connectivity index is 1.05. The van der Waals surface area contributed by atoms with Gasteiger partial charge in [-0.25, -0.2) is 0 Å². The summed E-state index contributed by atoms with van der Waals surface area (Å²) < 4.78 is 19.6. The van der Waals surface area contributed by atoms with E-state index in [9.17, 15) is 20.1 Å². The van der Waals surface area contributed by atoms with Gasteiger partial charge in [0.2, 0.25) is 5.91 Å². The molecule has 9 nitrogen and oxygen atoms in total. The molecule has 3 unspecified atom stereocenters. The summed E-state index contributed by atoms with van der Waals surface area (Å²) in [6, 6.07) is 23.6. The quantitative estimate of drug-likeness (QED) is 0.119. The summed E-state index contributed by atoms with van der Waals surface area (Å²) in [5, 5.41) is 32.2. The molecule has 0 spiro atoms. The fourth-order valence-electron chi connectivity index (χ4n) is 9.17. The number of aryl methyl sites for hydroxylation is 1. The molecule has 3 saturated carbocycles. The van der Waals surface area contributed by atoms with Gasteiger partial charge in [0, 0.05) is 6.20 Å². The van der Waals surface area contributed by atoms with E-state index in [1.54, 1.807) is 12.3 Å². The molecule has 3 aliphatic carbocycles. The van der Waals surface area contributed by atoms with E-state index >= 15 is 0 Å². The number of pyridine rings is 1. The van der Waals surface area contributed by atoms with Crippen LogP contribution >= 0.6 is 11.6 Å². The van der Waals surface area contributed by atoms with Crippen molar-refractivity contribution >= 4 is 31.7 Å². The number of ether oxygens (including phenoxy) is 1. The molecular weight excluding hydrogens is 688 g/mol. The van der Waals surface area contributed by atoms with Gasteiger partial charge in [0.15, 0.2) is 0 Å². The van der Waals surface area contributed by atoms with E-state index in [0.29, 0.717) is 48.2 Å². The first kappa shape index (κ1) is 39.3. The maximum atomic E-state index is 13.5. The van der Waals surface area contributed by atoms with Crippen LogP contribution in [0.2, 0.25) is 11.3 Å². The number of rotatable bonds is 18. The highest BCUT2D eigenvalue weighted by molar-refractivity contribution is 6.48. The molecule has 1 aliphatic heterocycles. The SMILES string of the molecule is CC(CCCC1(C)[C@@H]2C[C@H]3OB([C@H](Cc4ccccc4)NC(=O)CCOc4cc(CCC(C#N)c5ccccn5)ccc4Cl)O[C@@]3(C)[C@H]1C2)CB(O)O. The Morgan fingerprint density at radius 1 is 1.13 bits per heavy atom. The number of benzene rings is 2. The van der Waals surface area contributed by atoms with Crippen LogP contribution in [0.25, 0.3) is 0 Å². The number of nitrogens with one attached hydrogen (secondary N) is 1. The zero-order valence-electron chi connectivity index (χ0n) is 31.1. The Labute approximate surface area is 320 Å². The lowest BCUT2D eigenvalue weighted by Crippen LogP contribution is -2.66. The molecule has 7 rings (SSSR count). The Kier molecular flexibility index (Phi) is 12.9. The van der Waals surface area contributed by atoms with Gasteiger partial charge in [0.05, 0.1) is 53.4 Å². The summed E-state index contributed by atoms with van der Waals surface area (Å²) in [7, 11) is -1.84. The molecule has 2 aromatic carbocycles. The highest BCUT2D eigenvalue weighted by atomic mass is 35.5. The number of hydrogen-bond donors (Lipinski definition) is 3. The molecule has 1 amide bonds. The number of amides is 1. The number of nitrogens with zero attached hydrogens (tertiary/aromatic N) is 2. The minimum absolute atomic E-state index is 0.0342. The Bertz CT molecular complexity index is 1720. The van der Waals surface area contributed by atoms with Crippen molar-refractivity contribution in [3.63, 3.8) is 0 Å². The van der Waals surface area contributed by atoms with Crippen molar-refractivity contribution < 1.29 is 28.9 Å². The van der Waals surface area contributed by atoms with Crippen molar-refractivity contribution in [2.45, 2.75) is 108 Å². The van der Waals surface area contributed by atoms with Crippen LogP contribution in [-0.4, -0.2) is 59.4 Å². The Morgan fingerprint density at radius 2 is 1.92 bits per heavy atom. The van der Waals surface area contributed by atoms with Gasteiger partial charge in [-0.1, -0.05) is 80.8 Å². The number of hydrogen-bond acceptors (Lipinski definition) is 8. The van der Waals surface area contributed by atoms with Gasteiger partial charge in [-0.15, -0.1) is 0 Å². The monoisotopic (exact) mass is 739 g/mol. The summed E-state index contributed by atoms with van der Waals surface area (Å²) in [4.78, 5) is 17.8. The first-order valence-electron chi connectivity index (χ1n) is 19.2. The molecule has 2 bridgehead atoms. The van der Waals surface area contributed by atoms with Gasteiger partial charge < -0.3 is 29.4 Å². The maximum absolute atomic E-state index is 13.5. The second kappa shape index (κ2) is 17.4. The van der Waals surface area contributed by atoms with Crippen LogP contribution in [-0.2, 0) is 26.9 Å². The first-order valence-corrected chi connectivity index (χ1v) is 19.6. The molecule has 4 aliphatic rings. The van der Waals surface area contributed by atoms with Crippen molar-refractivity contribution in [1.29, 1.82) is 5.26 Å². The topological polar surface area (TPSA) is 134 Å². The number of halogens is 1. The number of carbonyl (C=O) groups is 1. The number of aromatic nitrogens is 1. The van der Waals surface area contributed by atoms with E-state index < -0.39 is 19.8 Å². The molecule has 8 atom stereocenters. The largest absolute Gasteiger partial charge is 0.491 e. The zero-order chi connectivity index (χ0) is 37.6. The van der Waals surface area contributed by atoms with Gasteiger partial charge in [-0.3, -0.25) is 9.78 Å². The van der Waals surface area contributed by atoms with Crippen LogP contribution < -0.4 is 10.1 Å². The predicted octanol–water partition coefficient (Wildman–Crippen LogP) is 7.00. The van der Waals surface area contributed by atoms with Gasteiger partial charge in [-0.2, -0.15) is 5.26 Å². The molecular formula is C41H52B2ClN3O6. The molecule has 4 fully saturated rings. The van der Waals surface area contributed by atoms with E-state index in [2.05, 4.69) is 49.3 Å². The second-order valence-electron chi connectivity index (χ2n) is 15.9. The summed E-state index contributed by atoms with van der Waals surface area (Å²) in [6.07, 6.45) is 9.17. The third-order valence-electron chi connectivity index (χ3n) is 12.3. The lowest BCUT2D eigenvalue weighted by Gasteiger charge is -2.66. The van der Waals surface area contributed by atoms with E-state index in [1.807, 2.05) is 48.5 Å². The minimum atomic E-state index is -1.25. The van der Waals surface area contributed by atoms with E-state index in [1.165, 1.54) is 0 Å². The third kappa shape index (κ3) is 9.29. The molecule has 2 heterocycles. The molecule has 1 aromatic heterocycles. The van der Waals surface area contributed by atoms with E-state index in [-0.39, 0.29) is 48.2 Å². The van der Waals surface area contributed by atoms with Crippen molar-refractivity contribution in [2.75, 3.05) is 6.61 Å². The summed E-state index contributed by atoms with van der Waals surface area (Å²) in [5.74, 6) is 0.821. The normalized spacial score (nSPS) is 26.1. The molecule has 3 N–H and O–H groups in total. The van der Waals surface area contributed by atoms with Gasteiger partial charge in [0.25, 0.3) is 0 Å². The Morgan fingerprint density at radius 3 is 2.66 bits per heavy atom. The van der Waals surface area contributed by atoms with Gasteiger partial charge >= 0.3 is 14.2 Å². The minimum Gasteiger partial charge on any atom is -0.491 e. The van der Waals surface area contributed by atoms with Crippen LogP contribution in [0.5, 0.6) is 5.75 Å². The molecule has 280 valence electrons. The molecule has 1 saturated heterocycles. The second-order valence-corrected chi connectivity index (χ2v) is 16.3. The summed E-state index contributed by atoms with van der Waals surface area (Å²) >= 11 is 6.49. The van der Waals surface area contributed by atoms with Gasteiger partial charge in [0.1, 0.15) is 5.75 Å². The average molecular weight is 740 g/mol. The highest BCUT2D eigenvalue weighted by Crippen LogP contribution is 2.67. The van der Waals surface area contributed by atoms with Crippen LogP contribution in [0, 0.1) is 34.5 Å². The zero-order valence-corrected chi connectivity index (χ0v) is 31.9. The smallest absolute Gasteiger partial charge is 0.482 e. The van der Waals surface area contributed by atoms with Crippen LogP contribution in [0.1, 0.15) is 88.5 Å². The first-order chi connectivity index (χ1) is 25.5. The lowest BCUT2D eigenvalue weighted by molar-refractivity contribution is -0.211. The number of carbonyl (C=O) groups excluding carboxylic acids is 1. The van der Waals surface area contributed by atoms with E-state index in [4.69, 9.17) is 25.6 Å². The molecule has 53 heavy (non-hydrogen) atoms. The third-order valence-corrected chi connectivity index (χ3v) is 12.6. The summed E-state index contributed by atoms with van der Waals surface area (Å²) in [6.45, 7) is 6.82. The summed E-state index contributed by atoms with van der Waals surface area (Å²) in [5.41, 5.74) is 2.53.